The first-order chi connectivity index (χ1) is 13.4. The Morgan fingerprint density at radius 3 is 2.61 bits per heavy atom. The van der Waals surface area contributed by atoms with Crippen LogP contribution in [-0.4, -0.2) is 45.9 Å². The number of ether oxygens (including phenoxy) is 1. The summed E-state index contributed by atoms with van der Waals surface area (Å²) in [4.78, 5) is 41.5. The number of hydrogen-bond donors (Lipinski definition) is 1. The standard InChI is InChI=1S/C19H26N4O4S/c1-11(2)27-9-8-22-17-15(16(24)23(19(22)26)13-4-5-13)12(3)14(28-17)10-21-7-6-20-18(21)25/h11,13H,4-10H2,1-3H3,(H,20,25). The average Bonchev–Trinajstić information content (AvgIpc) is 3.30. The van der Waals surface area contributed by atoms with Crippen LogP contribution in [0, 0.1) is 6.92 Å². The van der Waals surface area contributed by atoms with Gasteiger partial charge in [-0.05, 0) is 39.2 Å². The summed E-state index contributed by atoms with van der Waals surface area (Å²) >= 11 is 1.44. The lowest BCUT2D eigenvalue weighted by molar-refractivity contribution is 0.0725. The van der Waals surface area contributed by atoms with Crippen molar-refractivity contribution < 1.29 is 9.53 Å². The zero-order valence-electron chi connectivity index (χ0n) is 16.5. The van der Waals surface area contributed by atoms with Gasteiger partial charge in [-0.1, -0.05) is 0 Å². The number of hydrogen-bond acceptors (Lipinski definition) is 5. The molecule has 2 aromatic heterocycles. The van der Waals surface area contributed by atoms with Crippen LogP contribution in [0.5, 0.6) is 0 Å². The molecular weight excluding hydrogens is 380 g/mol. The molecule has 2 aromatic rings. The van der Waals surface area contributed by atoms with Crippen LogP contribution in [-0.2, 0) is 17.8 Å². The topological polar surface area (TPSA) is 85.6 Å². The van der Waals surface area contributed by atoms with E-state index in [2.05, 4.69) is 5.32 Å². The summed E-state index contributed by atoms with van der Waals surface area (Å²) in [5.41, 5.74) is 0.422. The first-order valence-electron chi connectivity index (χ1n) is 9.80. The molecule has 0 bridgehead atoms. The fourth-order valence-electron chi connectivity index (χ4n) is 3.63. The second-order valence-corrected chi connectivity index (χ2v) is 8.83. The normalized spacial score (nSPS) is 17.1. The maximum Gasteiger partial charge on any atom is 0.332 e. The average molecular weight is 407 g/mol. The molecule has 1 N–H and O–H groups in total. The summed E-state index contributed by atoms with van der Waals surface area (Å²) in [6, 6.07) is -0.0799. The molecule has 1 aliphatic carbocycles. The smallest absolute Gasteiger partial charge is 0.332 e. The van der Waals surface area contributed by atoms with Crippen LogP contribution in [0.15, 0.2) is 9.59 Å². The molecule has 8 nitrogen and oxygen atoms in total. The molecule has 3 heterocycles. The van der Waals surface area contributed by atoms with Crippen LogP contribution in [0.4, 0.5) is 4.79 Å². The van der Waals surface area contributed by atoms with Gasteiger partial charge in [-0.25, -0.2) is 9.59 Å². The number of urea groups is 1. The van der Waals surface area contributed by atoms with Crippen molar-refractivity contribution in [2.45, 2.75) is 58.8 Å². The van der Waals surface area contributed by atoms with Crippen LogP contribution in [0.3, 0.4) is 0 Å². The van der Waals surface area contributed by atoms with Gasteiger partial charge in [0.15, 0.2) is 0 Å². The second-order valence-electron chi connectivity index (χ2n) is 7.74. The van der Waals surface area contributed by atoms with Crippen molar-refractivity contribution in [1.82, 2.24) is 19.4 Å². The van der Waals surface area contributed by atoms with Crippen molar-refractivity contribution in [3.8, 4) is 0 Å². The fourth-order valence-corrected chi connectivity index (χ4v) is 4.96. The number of fused-ring (bicyclic) bond motifs is 1. The van der Waals surface area contributed by atoms with Crippen LogP contribution in [0.25, 0.3) is 10.2 Å². The molecule has 9 heteroatoms. The van der Waals surface area contributed by atoms with Gasteiger partial charge >= 0.3 is 11.7 Å². The maximum absolute atomic E-state index is 13.1. The Kier molecular flexibility index (Phi) is 5.05. The molecular formula is C19H26N4O4S. The first kappa shape index (κ1) is 19.2. The largest absolute Gasteiger partial charge is 0.377 e. The molecule has 0 atom stereocenters. The zero-order valence-corrected chi connectivity index (χ0v) is 17.3. The molecule has 2 amide bonds. The molecule has 0 aromatic carbocycles. The number of carbonyl (C=O) groups excluding carboxylic acids is 1. The van der Waals surface area contributed by atoms with E-state index in [-0.39, 0.29) is 29.4 Å². The number of carbonyl (C=O) groups is 1. The van der Waals surface area contributed by atoms with E-state index < -0.39 is 0 Å². The minimum Gasteiger partial charge on any atom is -0.377 e. The summed E-state index contributed by atoms with van der Waals surface area (Å²) in [7, 11) is 0. The summed E-state index contributed by atoms with van der Waals surface area (Å²) in [5.74, 6) is 0. The molecule has 0 spiro atoms. The van der Waals surface area contributed by atoms with E-state index in [0.717, 1.165) is 23.3 Å². The number of nitrogens with zero attached hydrogens (tertiary/aromatic N) is 3. The van der Waals surface area contributed by atoms with Crippen molar-refractivity contribution in [2.24, 2.45) is 0 Å². The lowest BCUT2D eigenvalue weighted by Gasteiger charge is -2.13. The first-order valence-corrected chi connectivity index (χ1v) is 10.6. The van der Waals surface area contributed by atoms with Crippen molar-refractivity contribution in [1.29, 1.82) is 0 Å². The molecule has 0 radical (unpaired) electrons. The zero-order chi connectivity index (χ0) is 20.0. The van der Waals surface area contributed by atoms with Crippen molar-refractivity contribution in [3.63, 3.8) is 0 Å². The van der Waals surface area contributed by atoms with Crippen LogP contribution in [0.2, 0.25) is 0 Å². The predicted molar refractivity (Wildman–Crippen MR) is 108 cm³/mol. The number of thiophene rings is 1. The molecule has 2 fully saturated rings. The van der Waals surface area contributed by atoms with Gasteiger partial charge in [-0.2, -0.15) is 0 Å². The van der Waals surface area contributed by atoms with E-state index >= 15 is 0 Å². The quantitative estimate of drug-likeness (QED) is 0.760. The van der Waals surface area contributed by atoms with Crippen LogP contribution in [0.1, 0.15) is 43.2 Å². The van der Waals surface area contributed by atoms with E-state index in [9.17, 15) is 14.4 Å². The summed E-state index contributed by atoms with van der Waals surface area (Å²) in [5, 5.41) is 3.41. The highest BCUT2D eigenvalue weighted by atomic mass is 32.1. The lowest BCUT2D eigenvalue weighted by atomic mass is 10.2. The summed E-state index contributed by atoms with van der Waals surface area (Å²) < 4.78 is 8.75. The minimum absolute atomic E-state index is 0.00813. The van der Waals surface area contributed by atoms with Crippen LogP contribution < -0.4 is 16.6 Å². The van der Waals surface area contributed by atoms with Crippen molar-refractivity contribution >= 4 is 27.6 Å². The molecule has 1 aliphatic heterocycles. The van der Waals surface area contributed by atoms with Gasteiger partial charge in [0.05, 0.1) is 31.2 Å². The number of nitrogens with one attached hydrogen (secondary N) is 1. The number of amides is 2. The van der Waals surface area contributed by atoms with Gasteiger partial charge in [0.1, 0.15) is 4.83 Å². The van der Waals surface area contributed by atoms with Gasteiger partial charge in [0.2, 0.25) is 0 Å². The summed E-state index contributed by atoms with van der Waals surface area (Å²) in [6.45, 7) is 8.38. The Hall–Kier alpha value is -2.13. The van der Waals surface area contributed by atoms with Crippen molar-refractivity contribution in [2.75, 3.05) is 19.7 Å². The van der Waals surface area contributed by atoms with Gasteiger partial charge < -0.3 is 15.0 Å². The van der Waals surface area contributed by atoms with Gasteiger partial charge in [0.25, 0.3) is 5.56 Å². The Morgan fingerprint density at radius 2 is 2.00 bits per heavy atom. The fraction of sp³-hybridized carbons (Fsp3) is 0.632. The molecule has 152 valence electrons. The minimum atomic E-state index is -0.251. The Morgan fingerprint density at radius 1 is 1.25 bits per heavy atom. The SMILES string of the molecule is Cc1c(CN2CCNC2=O)sc2c1c(=O)n(C1CC1)c(=O)n2CCOC(C)C. The molecule has 0 unspecified atom stereocenters. The molecule has 1 saturated carbocycles. The number of rotatable bonds is 7. The monoisotopic (exact) mass is 406 g/mol. The van der Waals surface area contributed by atoms with Crippen LogP contribution >= 0.6 is 11.3 Å². The third-order valence-corrected chi connectivity index (χ3v) is 6.60. The Bertz CT molecular complexity index is 1030. The number of aryl methyl sites for hydroxylation is 1. The Labute approximate surface area is 166 Å². The van der Waals surface area contributed by atoms with E-state index in [1.165, 1.54) is 15.9 Å². The van der Waals surface area contributed by atoms with E-state index in [4.69, 9.17) is 4.74 Å². The maximum atomic E-state index is 13.1. The third kappa shape index (κ3) is 3.37. The second kappa shape index (κ2) is 7.36. The summed E-state index contributed by atoms with van der Waals surface area (Å²) in [6.07, 6.45) is 1.81. The Balaban J connectivity index is 1.81. The molecule has 28 heavy (non-hydrogen) atoms. The van der Waals surface area contributed by atoms with E-state index in [1.807, 2.05) is 20.8 Å². The van der Waals surface area contributed by atoms with Crippen molar-refractivity contribution in [3.05, 3.63) is 31.3 Å². The van der Waals surface area contributed by atoms with E-state index in [0.29, 0.717) is 43.0 Å². The predicted octanol–water partition coefficient (Wildman–Crippen LogP) is 1.82. The highest BCUT2D eigenvalue weighted by molar-refractivity contribution is 7.18. The van der Waals surface area contributed by atoms with Gasteiger partial charge in [-0.15, -0.1) is 11.3 Å². The van der Waals surface area contributed by atoms with Gasteiger partial charge in [-0.3, -0.25) is 13.9 Å². The molecule has 4 rings (SSSR count). The highest BCUT2D eigenvalue weighted by Crippen LogP contribution is 2.34. The number of aromatic nitrogens is 2. The molecule has 2 aliphatic rings. The lowest BCUT2D eigenvalue weighted by Crippen LogP contribution is -2.40. The highest BCUT2D eigenvalue weighted by Gasteiger charge is 2.31. The molecule has 1 saturated heterocycles. The third-order valence-electron chi connectivity index (χ3n) is 5.30. The van der Waals surface area contributed by atoms with Gasteiger partial charge in [0, 0.05) is 24.0 Å². The van der Waals surface area contributed by atoms with E-state index in [1.54, 1.807) is 9.47 Å².